The normalized spacial score (nSPS) is 15.6. The lowest BCUT2D eigenvalue weighted by Crippen LogP contribution is -2.28. The molecule has 164 valence electrons. The van der Waals surface area contributed by atoms with Crippen LogP contribution in [0.25, 0.3) is 0 Å². The maximum Gasteiger partial charge on any atom is 0.238 e. The number of nitrogens with one attached hydrogen (secondary N) is 1. The number of benzene rings is 2. The molecule has 0 aliphatic carbocycles. The third kappa shape index (κ3) is 4.63. The van der Waals surface area contributed by atoms with E-state index in [1.54, 1.807) is 18.5 Å². The first-order chi connectivity index (χ1) is 15.4. The lowest BCUT2D eigenvalue weighted by molar-refractivity contribution is -0.115. The smallest absolute Gasteiger partial charge is 0.238 e. The summed E-state index contributed by atoms with van der Waals surface area (Å²) in [6, 6.07) is 17.3. The number of pyridine rings is 1. The number of carbonyl (C=O) groups excluding carboxylic acids is 1. The number of likely N-dealkylation sites (N-methyl/N-ethyl adjacent to an activating group) is 2. The Kier molecular flexibility index (Phi) is 6.18. The molecular formula is C25H28N6O. The van der Waals surface area contributed by atoms with Crippen LogP contribution in [0.3, 0.4) is 0 Å². The van der Waals surface area contributed by atoms with Crippen LogP contribution in [0.15, 0.2) is 72.0 Å². The zero-order valence-electron chi connectivity index (χ0n) is 18.6. The molecule has 0 fully saturated rings. The van der Waals surface area contributed by atoms with Gasteiger partial charge in [0, 0.05) is 55.2 Å². The quantitative estimate of drug-likeness (QED) is 0.444. The summed E-state index contributed by atoms with van der Waals surface area (Å²) in [6.45, 7) is 1.90. The lowest BCUT2D eigenvalue weighted by Gasteiger charge is -2.21. The maximum absolute atomic E-state index is 13.0. The number of fused-ring (bicyclic) bond motifs is 1. The summed E-state index contributed by atoms with van der Waals surface area (Å²) >= 11 is 0. The van der Waals surface area contributed by atoms with Crippen molar-refractivity contribution < 1.29 is 4.79 Å². The van der Waals surface area contributed by atoms with Crippen molar-refractivity contribution >= 4 is 34.4 Å². The molecule has 0 radical (unpaired) electrons. The van der Waals surface area contributed by atoms with Gasteiger partial charge in [-0.15, -0.1) is 0 Å². The fraction of sp³-hybridized carbons (Fsp3) is 0.240. The Balaban J connectivity index is 1.69. The van der Waals surface area contributed by atoms with Crippen LogP contribution in [-0.2, 0) is 4.79 Å². The number of aromatic nitrogens is 1. The molecule has 0 spiro atoms. The average Bonchev–Trinajstić information content (AvgIpc) is 3.11. The molecule has 0 bridgehead atoms. The summed E-state index contributed by atoms with van der Waals surface area (Å²) in [7, 11) is 6.21. The van der Waals surface area contributed by atoms with Crippen molar-refractivity contribution in [1.82, 2.24) is 9.88 Å². The summed E-state index contributed by atoms with van der Waals surface area (Å²) in [5.41, 5.74) is 11.5. The molecule has 2 aromatic carbocycles. The zero-order chi connectivity index (χ0) is 22.7. The molecule has 1 atom stereocenters. The van der Waals surface area contributed by atoms with E-state index in [9.17, 15) is 4.79 Å². The molecule has 0 saturated carbocycles. The van der Waals surface area contributed by atoms with Gasteiger partial charge in [0.2, 0.25) is 5.91 Å². The number of aliphatic imine (C=N–C) groups is 1. The summed E-state index contributed by atoms with van der Waals surface area (Å²) in [4.78, 5) is 26.5. The van der Waals surface area contributed by atoms with Crippen LogP contribution >= 0.6 is 0 Å². The number of amides is 1. The highest BCUT2D eigenvalue weighted by Crippen LogP contribution is 2.37. The highest BCUT2D eigenvalue weighted by molar-refractivity contribution is 6.24. The van der Waals surface area contributed by atoms with E-state index in [-0.39, 0.29) is 5.91 Å². The van der Waals surface area contributed by atoms with Crippen LogP contribution in [0.2, 0.25) is 0 Å². The number of anilines is 3. The molecule has 1 amide bonds. The number of nitrogen functional groups attached to an aromatic ring is 1. The van der Waals surface area contributed by atoms with Gasteiger partial charge in [-0.3, -0.25) is 14.8 Å². The lowest BCUT2D eigenvalue weighted by atomic mass is 9.91. The van der Waals surface area contributed by atoms with E-state index in [0.717, 1.165) is 41.3 Å². The Bertz CT molecular complexity index is 1120. The summed E-state index contributed by atoms with van der Waals surface area (Å²) in [6.07, 6.45) is 3.45. The van der Waals surface area contributed by atoms with Crippen molar-refractivity contribution in [3.63, 3.8) is 0 Å². The van der Waals surface area contributed by atoms with E-state index >= 15 is 0 Å². The molecule has 1 aliphatic heterocycles. The Morgan fingerprint density at radius 1 is 1.09 bits per heavy atom. The molecule has 2 heterocycles. The van der Waals surface area contributed by atoms with Gasteiger partial charge in [0.1, 0.15) is 5.92 Å². The minimum Gasteiger partial charge on any atom is -0.399 e. The molecule has 1 unspecified atom stereocenters. The van der Waals surface area contributed by atoms with Crippen molar-refractivity contribution in [3.8, 4) is 0 Å². The Labute approximate surface area is 188 Å². The van der Waals surface area contributed by atoms with Gasteiger partial charge in [0.15, 0.2) is 0 Å². The number of carbonyl (C=O) groups is 1. The summed E-state index contributed by atoms with van der Waals surface area (Å²) in [5.74, 6) is -0.648. The van der Waals surface area contributed by atoms with E-state index in [2.05, 4.69) is 53.4 Å². The van der Waals surface area contributed by atoms with Gasteiger partial charge in [0.25, 0.3) is 0 Å². The zero-order valence-corrected chi connectivity index (χ0v) is 18.6. The van der Waals surface area contributed by atoms with Gasteiger partial charge < -0.3 is 20.9 Å². The molecule has 7 nitrogen and oxygen atoms in total. The van der Waals surface area contributed by atoms with Crippen LogP contribution in [0.5, 0.6) is 0 Å². The van der Waals surface area contributed by atoms with Crippen molar-refractivity contribution in [2.45, 2.75) is 5.92 Å². The van der Waals surface area contributed by atoms with Crippen LogP contribution < -0.4 is 16.0 Å². The molecule has 0 saturated heterocycles. The maximum atomic E-state index is 13.0. The second-order valence-corrected chi connectivity index (χ2v) is 8.25. The number of rotatable bonds is 7. The van der Waals surface area contributed by atoms with Crippen LogP contribution in [-0.4, -0.2) is 55.7 Å². The molecule has 3 N–H and O–H groups in total. The minimum absolute atomic E-state index is 0.117. The number of nitrogens with two attached hydrogens (primary N) is 1. The second kappa shape index (κ2) is 9.20. The molecule has 4 rings (SSSR count). The standard InChI is InChI=1S/C25H28N6O/c1-30(2)13-14-31(3)20-9-7-19(8-10-20)28-24(17-5-4-12-27-16-17)23-21-11-6-18(26)15-22(21)29-25(23)32/h4-12,15-16,23H,13-14,26H2,1-3H3,(H,29,32). The van der Waals surface area contributed by atoms with Crippen LogP contribution in [0.1, 0.15) is 17.0 Å². The van der Waals surface area contributed by atoms with Gasteiger partial charge in [-0.25, -0.2) is 0 Å². The van der Waals surface area contributed by atoms with Crippen LogP contribution in [0.4, 0.5) is 22.7 Å². The van der Waals surface area contributed by atoms with Gasteiger partial charge >= 0.3 is 0 Å². The highest BCUT2D eigenvalue weighted by atomic mass is 16.2. The number of hydrogen-bond donors (Lipinski definition) is 2. The third-order valence-corrected chi connectivity index (χ3v) is 5.56. The largest absolute Gasteiger partial charge is 0.399 e. The van der Waals surface area contributed by atoms with E-state index < -0.39 is 5.92 Å². The fourth-order valence-corrected chi connectivity index (χ4v) is 3.76. The summed E-state index contributed by atoms with van der Waals surface area (Å²) < 4.78 is 0. The second-order valence-electron chi connectivity index (χ2n) is 8.25. The van der Waals surface area contributed by atoms with Crippen molar-refractivity contribution in [3.05, 3.63) is 78.1 Å². The SMILES string of the molecule is CN(C)CCN(C)c1ccc(N=C(c2cccnc2)C2C(=O)Nc3cc(N)ccc32)cc1. The molecule has 32 heavy (non-hydrogen) atoms. The first-order valence-corrected chi connectivity index (χ1v) is 10.6. The Hall–Kier alpha value is -3.71. The Morgan fingerprint density at radius 3 is 2.56 bits per heavy atom. The van der Waals surface area contributed by atoms with E-state index in [0.29, 0.717) is 11.4 Å². The number of nitrogens with zero attached hydrogens (tertiary/aromatic N) is 4. The summed E-state index contributed by atoms with van der Waals surface area (Å²) in [5, 5.41) is 2.94. The highest BCUT2D eigenvalue weighted by Gasteiger charge is 2.35. The first kappa shape index (κ1) is 21.5. The minimum atomic E-state index is -0.530. The van der Waals surface area contributed by atoms with Gasteiger partial charge in [0.05, 0.1) is 11.4 Å². The van der Waals surface area contributed by atoms with Gasteiger partial charge in [-0.2, -0.15) is 0 Å². The Morgan fingerprint density at radius 2 is 1.88 bits per heavy atom. The predicted molar refractivity (Wildman–Crippen MR) is 131 cm³/mol. The van der Waals surface area contributed by atoms with E-state index in [4.69, 9.17) is 10.7 Å². The monoisotopic (exact) mass is 428 g/mol. The molecule has 3 aromatic rings. The predicted octanol–water partition coefficient (Wildman–Crippen LogP) is 3.52. The fourth-order valence-electron chi connectivity index (χ4n) is 3.76. The van der Waals surface area contributed by atoms with E-state index in [1.807, 2.05) is 36.4 Å². The van der Waals surface area contributed by atoms with Crippen molar-refractivity contribution in [2.75, 3.05) is 50.2 Å². The van der Waals surface area contributed by atoms with Gasteiger partial charge in [-0.05, 0) is 62.1 Å². The topological polar surface area (TPSA) is 86.8 Å². The molecular weight excluding hydrogens is 400 g/mol. The van der Waals surface area contributed by atoms with Crippen molar-refractivity contribution in [1.29, 1.82) is 0 Å². The number of hydrogen-bond acceptors (Lipinski definition) is 6. The van der Waals surface area contributed by atoms with E-state index in [1.165, 1.54) is 0 Å². The van der Waals surface area contributed by atoms with Gasteiger partial charge in [-0.1, -0.05) is 12.1 Å². The van der Waals surface area contributed by atoms with Crippen molar-refractivity contribution in [2.24, 2.45) is 4.99 Å². The van der Waals surface area contributed by atoms with Crippen LogP contribution in [0, 0.1) is 0 Å². The molecule has 1 aromatic heterocycles. The first-order valence-electron chi connectivity index (χ1n) is 10.6. The molecule has 7 heteroatoms. The third-order valence-electron chi connectivity index (χ3n) is 5.56. The average molecular weight is 429 g/mol. The molecule has 1 aliphatic rings.